The molecule has 1 aromatic carbocycles. The zero-order chi connectivity index (χ0) is 15.4. The molecule has 5 heteroatoms. The first kappa shape index (κ1) is 16.3. The second kappa shape index (κ2) is 7.30. The largest absolute Gasteiger partial charge is 0.310 e. The number of aromatic nitrogens is 2. The van der Waals surface area contributed by atoms with Crippen LogP contribution >= 0.6 is 23.2 Å². The fourth-order valence-electron chi connectivity index (χ4n) is 2.35. The van der Waals surface area contributed by atoms with E-state index in [1.54, 1.807) is 0 Å². The average Bonchev–Trinajstić information content (AvgIpc) is 2.76. The van der Waals surface area contributed by atoms with Gasteiger partial charge in [0.1, 0.15) is 0 Å². The summed E-state index contributed by atoms with van der Waals surface area (Å²) in [6, 6.07) is 8.12. The third-order valence-corrected chi connectivity index (χ3v) is 4.28. The van der Waals surface area contributed by atoms with Gasteiger partial charge in [0.25, 0.3) is 0 Å². The lowest BCUT2D eigenvalue weighted by atomic mass is 10.1. The standard InChI is InChI=1S/C16H21Cl2N3/c1-11-9-12(2)21(20-11)8-4-7-19-13(3)14-5-6-15(17)16(18)10-14/h5-6,9-10,13,19H,4,7-8H2,1-3H3. The maximum atomic E-state index is 6.05. The summed E-state index contributed by atoms with van der Waals surface area (Å²) >= 11 is 12.0. The lowest BCUT2D eigenvalue weighted by Gasteiger charge is -2.15. The van der Waals surface area contributed by atoms with Crippen LogP contribution in [0.1, 0.15) is 36.3 Å². The molecule has 1 N–H and O–H groups in total. The molecular formula is C16H21Cl2N3. The summed E-state index contributed by atoms with van der Waals surface area (Å²) in [5.74, 6) is 0. The molecule has 2 aromatic rings. The quantitative estimate of drug-likeness (QED) is 0.790. The Morgan fingerprint density at radius 1 is 1.19 bits per heavy atom. The number of nitrogens with zero attached hydrogens (tertiary/aromatic N) is 2. The number of nitrogens with one attached hydrogen (secondary N) is 1. The van der Waals surface area contributed by atoms with Gasteiger partial charge >= 0.3 is 0 Å². The van der Waals surface area contributed by atoms with E-state index in [0.29, 0.717) is 10.0 Å². The molecule has 1 aromatic heterocycles. The van der Waals surface area contributed by atoms with Gasteiger partial charge < -0.3 is 5.32 Å². The number of hydrogen-bond acceptors (Lipinski definition) is 2. The summed E-state index contributed by atoms with van der Waals surface area (Å²) in [5, 5.41) is 9.16. The number of aryl methyl sites for hydroxylation is 3. The normalized spacial score (nSPS) is 12.6. The zero-order valence-corrected chi connectivity index (χ0v) is 14.2. The fraction of sp³-hybridized carbons (Fsp3) is 0.438. The Bertz CT molecular complexity index is 608. The Labute approximate surface area is 136 Å². The number of rotatable bonds is 6. The molecule has 0 aliphatic rings. The van der Waals surface area contributed by atoms with E-state index in [1.807, 2.05) is 25.1 Å². The molecule has 0 bridgehead atoms. The van der Waals surface area contributed by atoms with Crippen LogP contribution in [0.3, 0.4) is 0 Å². The second-order valence-corrected chi connectivity index (χ2v) is 6.17. The molecule has 1 heterocycles. The SMILES string of the molecule is Cc1cc(C)n(CCCNC(C)c2ccc(Cl)c(Cl)c2)n1. The minimum Gasteiger partial charge on any atom is -0.310 e. The van der Waals surface area contributed by atoms with E-state index in [2.05, 4.69) is 35.0 Å². The van der Waals surface area contributed by atoms with Crippen LogP contribution in [0.25, 0.3) is 0 Å². The summed E-state index contributed by atoms with van der Waals surface area (Å²) < 4.78 is 2.06. The first-order chi connectivity index (χ1) is 9.97. The lowest BCUT2D eigenvalue weighted by molar-refractivity contribution is 0.500. The minimum absolute atomic E-state index is 0.250. The van der Waals surface area contributed by atoms with Crippen LogP contribution in [0.2, 0.25) is 10.0 Å². The Hall–Kier alpha value is -1.03. The lowest BCUT2D eigenvalue weighted by Crippen LogP contribution is -2.21. The molecule has 21 heavy (non-hydrogen) atoms. The first-order valence-electron chi connectivity index (χ1n) is 7.17. The number of benzene rings is 1. The van der Waals surface area contributed by atoms with Gasteiger partial charge in [0.2, 0.25) is 0 Å². The molecule has 0 aliphatic carbocycles. The van der Waals surface area contributed by atoms with Crippen molar-refractivity contribution in [3.8, 4) is 0 Å². The van der Waals surface area contributed by atoms with Crippen molar-refractivity contribution >= 4 is 23.2 Å². The molecule has 114 valence electrons. The van der Waals surface area contributed by atoms with Crippen molar-refractivity contribution in [3.63, 3.8) is 0 Å². The molecule has 0 amide bonds. The van der Waals surface area contributed by atoms with Crippen molar-refractivity contribution in [1.29, 1.82) is 0 Å². The smallest absolute Gasteiger partial charge is 0.0596 e. The molecule has 0 aliphatic heterocycles. The van der Waals surface area contributed by atoms with Crippen molar-refractivity contribution in [2.24, 2.45) is 0 Å². The molecule has 3 nitrogen and oxygen atoms in total. The molecule has 0 saturated heterocycles. The summed E-state index contributed by atoms with van der Waals surface area (Å²) in [6.45, 7) is 8.10. The third kappa shape index (κ3) is 4.47. The van der Waals surface area contributed by atoms with Crippen LogP contribution in [0.15, 0.2) is 24.3 Å². The van der Waals surface area contributed by atoms with E-state index < -0.39 is 0 Å². The van der Waals surface area contributed by atoms with E-state index in [1.165, 1.54) is 5.69 Å². The highest BCUT2D eigenvalue weighted by Crippen LogP contribution is 2.25. The highest BCUT2D eigenvalue weighted by Gasteiger charge is 2.07. The number of hydrogen-bond donors (Lipinski definition) is 1. The molecule has 0 radical (unpaired) electrons. The Morgan fingerprint density at radius 3 is 2.57 bits per heavy atom. The molecule has 0 saturated carbocycles. The summed E-state index contributed by atoms with van der Waals surface area (Å²) in [7, 11) is 0. The summed E-state index contributed by atoms with van der Waals surface area (Å²) in [4.78, 5) is 0. The van der Waals surface area contributed by atoms with E-state index >= 15 is 0 Å². The van der Waals surface area contributed by atoms with Gasteiger partial charge in [-0.25, -0.2) is 0 Å². The Kier molecular flexibility index (Phi) is 5.68. The van der Waals surface area contributed by atoms with Crippen LogP contribution in [-0.2, 0) is 6.54 Å². The maximum absolute atomic E-state index is 6.05. The van der Waals surface area contributed by atoms with E-state index in [-0.39, 0.29) is 6.04 Å². The molecule has 0 fully saturated rings. The van der Waals surface area contributed by atoms with Gasteiger partial charge in [0.05, 0.1) is 15.7 Å². The van der Waals surface area contributed by atoms with Crippen molar-refractivity contribution < 1.29 is 0 Å². The molecule has 1 atom stereocenters. The predicted octanol–water partition coefficient (Wildman–Crippen LogP) is 4.55. The van der Waals surface area contributed by atoms with Gasteiger partial charge in [0.15, 0.2) is 0 Å². The van der Waals surface area contributed by atoms with Gasteiger partial charge in [-0.15, -0.1) is 0 Å². The summed E-state index contributed by atoms with van der Waals surface area (Å²) in [5.41, 5.74) is 3.44. The van der Waals surface area contributed by atoms with E-state index in [4.69, 9.17) is 23.2 Å². The highest BCUT2D eigenvalue weighted by atomic mass is 35.5. The van der Waals surface area contributed by atoms with Gasteiger partial charge in [-0.3, -0.25) is 4.68 Å². The van der Waals surface area contributed by atoms with Crippen LogP contribution in [0.4, 0.5) is 0 Å². The van der Waals surface area contributed by atoms with Gasteiger partial charge in [-0.1, -0.05) is 29.3 Å². The monoisotopic (exact) mass is 325 g/mol. The van der Waals surface area contributed by atoms with Crippen molar-refractivity contribution in [1.82, 2.24) is 15.1 Å². The van der Waals surface area contributed by atoms with Crippen LogP contribution in [0, 0.1) is 13.8 Å². The van der Waals surface area contributed by atoms with Crippen LogP contribution in [0.5, 0.6) is 0 Å². The topological polar surface area (TPSA) is 29.9 Å². The Balaban J connectivity index is 1.80. The van der Waals surface area contributed by atoms with Crippen molar-refractivity contribution in [2.75, 3.05) is 6.54 Å². The fourth-order valence-corrected chi connectivity index (χ4v) is 2.65. The van der Waals surface area contributed by atoms with Crippen LogP contribution in [-0.4, -0.2) is 16.3 Å². The predicted molar refractivity (Wildman–Crippen MR) is 89.2 cm³/mol. The third-order valence-electron chi connectivity index (χ3n) is 3.54. The van der Waals surface area contributed by atoms with Crippen LogP contribution < -0.4 is 5.32 Å². The zero-order valence-electron chi connectivity index (χ0n) is 12.7. The first-order valence-corrected chi connectivity index (χ1v) is 7.92. The average molecular weight is 326 g/mol. The van der Waals surface area contributed by atoms with Crippen molar-refractivity contribution in [2.45, 2.75) is 39.8 Å². The molecular weight excluding hydrogens is 305 g/mol. The Morgan fingerprint density at radius 2 is 1.95 bits per heavy atom. The van der Waals surface area contributed by atoms with E-state index in [9.17, 15) is 0 Å². The maximum Gasteiger partial charge on any atom is 0.0596 e. The van der Waals surface area contributed by atoms with E-state index in [0.717, 1.165) is 30.8 Å². The van der Waals surface area contributed by atoms with Gasteiger partial charge in [-0.2, -0.15) is 5.10 Å². The second-order valence-electron chi connectivity index (χ2n) is 5.35. The minimum atomic E-state index is 0.250. The molecule has 0 spiro atoms. The molecule has 1 unspecified atom stereocenters. The van der Waals surface area contributed by atoms with Gasteiger partial charge in [0, 0.05) is 18.3 Å². The molecule has 2 rings (SSSR count). The number of halogens is 2. The highest BCUT2D eigenvalue weighted by molar-refractivity contribution is 6.42. The summed E-state index contributed by atoms with van der Waals surface area (Å²) in [6.07, 6.45) is 1.04. The van der Waals surface area contributed by atoms with Crippen molar-refractivity contribution in [3.05, 3.63) is 51.3 Å². The van der Waals surface area contributed by atoms with Gasteiger partial charge in [-0.05, 0) is 57.5 Å².